The summed E-state index contributed by atoms with van der Waals surface area (Å²) in [5.74, 6) is 0.968. The molecule has 102 valence electrons. The highest BCUT2D eigenvalue weighted by Crippen LogP contribution is 2.29. The van der Waals surface area contributed by atoms with Crippen molar-refractivity contribution in [3.63, 3.8) is 0 Å². The van der Waals surface area contributed by atoms with Gasteiger partial charge < -0.3 is 9.84 Å². The third-order valence-corrected chi connectivity index (χ3v) is 4.07. The summed E-state index contributed by atoms with van der Waals surface area (Å²) in [6, 6.07) is 0.764. The fourth-order valence-electron chi connectivity index (χ4n) is 2.87. The molecule has 1 N–H and O–H groups in total. The predicted octanol–water partition coefficient (Wildman–Crippen LogP) is 2.29. The molecule has 1 fully saturated rings. The first-order valence-corrected chi connectivity index (χ1v) is 7.24. The standard InChI is InChI=1S/C14H29NO2/c1-3-13-5-7-14(8-6-13)15(4-2)9-11-17-12-10-16/h13-14,16H,3-12H2,1-2H3. The molecule has 0 unspecified atom stereocenters. The topological polar surface area (TPSA) is 32.7 Å². The van der Waals surface area contributed by atoms with Crippen molar-refractivity contribution in [3.8, 4) is 0 Å². The Bertz CT molecular complexity index is 179. The molecule has 0 heterocycles. The van der Waals surface area contributed by atoms with Crippen molar-refractivity contribution in [2.24, 2.45) is 5.92 Å². The van der Waals surface area contributed by atoms with Crippen molar-refractivity contribution in [1.82, 2.24) is 4.90 Å². The first-order chi connectivity index (χ1) is 8.31. The van der Waals surface area contributed by atoms with Crippen molar-refractivity contribution in [2.45, 2.75) is 52.0 Å². The number of nitrogens with zero attached hydrogens (tertiary/aromatic N) is 1. The summed E-state index contributed by atoms with van der Waals surface area (Å²) in [6.45, 7) is 8.03. The zero-order valence-electron chi connectivity index (χ0n) is 11.5. The molecule has 17 heavy (non-hydrogen) atoms. The van der Waals surface area contributed by atoms with Crippen molar-refractivity contribution >= 4 is 0 Å². The summed E-state index contributed by atoms with van der Waals surface area (Å²) in [5, 5.41) is 8.66. The van der Waals surface area contributed by atoms with Gasteiger partial charge in [0.2, 0.25) is 0 Å². The van der Waals surface area contributed by atoms with E-state index in [9.17, 15) is 0 Å². The van der Waals surface area contributed by atoms with Crippen LogP contribution in [-0.2, 0) is 4.74 Å². The van der Waals surface area contributed by atoms with Crippen LogP contribution < -0.4 is 0 Å². The Balaban J connectivity index is 2.21. The lowest BCUT2D eigenvalue weighted by atomic mass is 9.84. The van der Waals surface area contributed by atoms with Crippen molar-refractivity contribution < 1.29 is 9.84 Å². The molecule has 1 rings (SSSR count). The number of aliphatic hydroxyl groups excluding tert-OH is 1. The number of hydrogen-bond donors (Lipinski definition) is 1. The molecule has 1 saturated carbocycles. The maximum absolute atomic E-state index is 8.66. The van der Waals surface area contributed by atoms with Gasteiger partial charge in [-0.25, -0.2) is 0 Å². The maximum Gasteiger partial charge on any atom is 0.0698 e. The number of ether oxygens (including phenoxy) is 1. The first-order valence-electron chi connectivity index (χ1n) is 7.24. The average molecular weight is 243 g/mol. The number of aliphatic hydroxyl groups is 1. The third-order valence-electron chi connectivity index (χ3n) is 4.07. The molecule has 0 amide bonds. The second kappa shape index (κ2) is 8.90. The van der Waals surface area contributed by atoms with E-state index in [0.717, 1.165) is 31.7 Å². The van der Waals surface area contributed by atoms with Crippen LogP contribution in [0.3, 0.4) is 0 Å². The second-order valence-electron chi connectivity index (χ2n) is 5.05. The minimum Gasteiger partial charge on any atom is -0.394 e. The second-order valence-corrected chi connectivity index (χ2v) is 5.05. The van der Waals surface area contributed by atoms with E-state index in [0.29, 0.717) is 6.61 Å². The molecule has 0 atom stereocenters. The Labute approximate surface area is 106 Å². The summed E-state index contributed by atoms with van der Waals surface area (Å²) in [5.41, 5.74) is 0. The zero-order chi connectivity index (χ0) is 12.5. The van der Waals surface area contributed by atoms with Gasteiger partial charge in [0.1, 0.15) is 0 Å². The Morgan fingerprint density at radius 1 is 1.12 bits per heavy atom. The van der Waals surface area contributed by atoms with Gasteiger partial charge in [-0.1, -0.05) is 20.3 Å². The molecule has 3 nitrogen and oxygen atoms in total. The van der Waals surface area contributed by atoms with Gasteiger partial charge in [0.05, 0.1) is 19.8 Å². The SMILES string of the molecule is CCC1CCC(N(CC)CCOCCO)CC1. The van der Waals surface area contributed by atoms with E-state index in [1.165, 1.54) is 32.1 Å². The molecule has 0 aromatic rings. The molecule has 0 bridgehead atoms. The Kier molecular flexibility index (Phi) is 7.82. The van der Waals surface area contributed by atoms with Crippen LogP contribution in [0.25, 0.3) is 0 Å². The predicted molar refractivity (Wildman–Crippen MR) is 71.2 cm³/mol. The summed E-state index contributed by atoms with van der Waals surface area (Å²) >= 11 is 0. The van der Waals surface area contributed by atoms with Crippen molar-refractivity contribution in [3.05, 3.63) is 0 Å². The van der Waals surface area contributed by atoms with Crippen molar-refractivity contribution in [2.75, 3.05) is 32.9 Å². The monoisotopic (exact) mass is 243 g/mol. The van der Waals surface area contributed by atoms with Gasteiger partial charge >= 0.3 is 0 Å². The van der Waals surface area contributed by atoms with E-state index >= 15 is 0 Å². The summed E-state index contributed by atoms with van der Waals surface area (Å²) < 4.78 is 5.36. The Morgan fingerprint density at radius 3 is 2.35 bits per heavy atom. The molecule has 3 heteroatoms. The van der Waals surface area contributed by atoms with Gasteiger partial charge in [-0.2, -0.15) is 0 Å². The van der Waals surface area contributed by atoms with Gasteiger partial charge in [-0.3, -0.25) is 4.90 Å². The molecule has 0 aromatic heterocycles. The van der Waals surface area contributed by atoms with E-state index < -0.39 is 0 Å². The van der Waals surface area contributed by atoms with Crippen LogP contribution in [0.5, 0.6) is 0 Å². The van der Waals surface area contributed by atoms with Crippen LogP contribution >= 0.6 is 0 Å². The van der Waals surface area contributed by atoms with Crippen LogP contribution in [0, 0.1) is 5.92 Å². The Morgan fingerprint density at radius 2 is 1.82 bits per heavy atom. The molecule has 0 aliphatic heterocycles. The smallest absolute Gasteiger partial charge is 0.0698 e. The van der Waals surface area contributed by atoms with Crippen LogP contribution in [0.1, 0.15) is 46.0 Å². The average Bonchev–Trinajstić information content (AvgIpc) is 2.39. The zero-order valence-corrected chi connectivity index (χ0v) is 11.5. The van der Waals surface area contributed by atoms with E-state index in [1.807, 2.05) is 0 Å². The summed E-state index contributed by atoms with van der Waals surface area (Å²) in [6.07, 6.45) is 6.85. The highest BCUT2D eigenvalue weighted by molar-refractivity contribution is 4.78. The minimum absolute atomic E-state index is 0.133. The third kappa shape index (κ3) is 5.36. The minimum atomic E-state index is 0.133. The quantitative estimate of drug-likeness (QED) is 0.664. The number of hydrogen-bond acceptors (Lipinski definition) is 3. The largest absolute Gasteiger partial charge is 0.394 e. The van der Waals surface area contributed by atoms with E-state index in [-0.39, 0.29) is 6.61 Å². The fraction of sp³-hybridized carbons (Fsp3) is 1.00. The van der Waals surface area contributed by atoms with Crippen LogP contribution in [0.4, 0.5) is 0 Å². The van der Waals surface area contributed by atoms with Crippen LogP contribution in [-0.4, -0.2) is 49.0 Å². The fourth-order valence-corrected chi connectivity index (χ4v) is 2.87. The molecular weight excluding hydrogens is 214 g/mol. The molecule has 0 saturated heterocycles. The highest BCUT2D eigenvalue weighted by Gasteiger charge is 2.23. The van der Waals surface area contributed by atoms with Gasteiger partial charge in [0, 0.05) is 12.6 Å². The maximum atomic E-state index is 8.66. The van der Waals surface area contributed by atoms with Gasteiger partial charge in [0.25, 0.3) is 0 Å². The molecule has 0 aromatic carbocycles. The normalized spacial score (nSPS) is 25.4. The Hall–Kier alpha value is -0.120. The lowest BCUT2D eigenvalue weighted by molar-refractivity contribution is 0.0551. The summed E-state index contributed by atoms with van der Waals surface area (Å²) in [7, 11) is 0. The molecule has 1 aliphatic carbocycles. The van der Waals surface area contributed by atoms with Crippen LogP contribution in [0.15, 0.2) is 0 Å². The van der Waals surface area contributed by atoms with Gasteiger partial charge in [0.15, 0.2) is 0 Å². The van der Waals surface area contributed by atoms with Gasteiger partial charge in [-0.05, 0) is 38.1 Å². The lowest BCUT2D eigenvalue weighted by Gasteiger charge is -2.36. The first kappa shape index (κ1) is 14.9. The van der Waals surface area contributed by atoms with Crippen molar-refractivity contribution in [1.29, 1.82) is 0 Å². The van der Waals surface area contributed by atoms with E-state index in [2.05, 4.69) is 18.7 Å². The molecule has 0 radical (unpaired) electrons. The molecular formula is C14H29NO2. The highest BCUT2D eigenvalue weighted by atomic mass is 16.5. The molecule has 1 aliphatic rings. The van der Waals surface area contributed by atoms with Gasteiger partial charge in [-0.15, -0.1) is 0 Å². The van der Waals surface area contributed by atoms with Crippen LogP contribution in [0.2, 0.25) is 0 Å². The number of likely N-dealkylation sites (N-methyl/N-ethyl adjacent to an activating group) is 1. The van der Waals surface area contributed by atoms with E-state index in [1.54, 1.807) is 0 Å². The lowest BCUT2D eigenvalue weighted by Crippen LogP contribution is -2.40. The number of rotatable bonds is 8. The summed E-state index contributed by atoms with van der Waals surface area (Å²) in [4.78, 5) is 2.54. The molecule has 0 spiro atoms. The van der Waals surface area contributed by atoms with E-state index in [4.69, 9.17) is 9.84 Å².